The molecule has 1 fully saturated rings. The van der Waals surface area contributed by atoms with E-state index in [0.29, 0.717) is 37.4 Å². The van der Waals surface area contributed by atoms with Crippen molar-refractivity contribution in [3.63, 3.8) is 0 Å². The minimum absolute atomic E-state index is 0.00786. The molecular formula is C26H27F3N2O3S. The Balaban J connectivity index is 1.37. The van der Waals surface area contributed by atoms with Gasteiger partial charge >= 0.3 is 0 Å². The van der Waals surface area contributed by atoms with E-state index in [2.05, 4.69) is 4.90 Å². The molecule has 0 N–H and O–H groups in total. The maximum Gasteiger partial charge on any atom is 0.243 e. The molecule has 0 radical (unpaired) electrons. The highest BCUT2D eigenvalue weighted by molar-refractivity contribution is 7.89. The Kier molecular flexibility index (Phi) is 7.91. The molecule has 9 heteroatoms. The number of ether oxygens (including phenoxy) is 1. The molecule has 0 bridgehead atoms. The highest BCUT2D eigenvalue weighted by atomic mass is 32.2. The zero-order valence-electron chi connectivity index (χ0n) is 19.3. The summed E-state index contributed by atoms with van der Waals surface area (Å²) in [6.45, 7) is 4.06. The topological polar surface area (TPSA) is 49.9 Å². The molecule has 35 heavy (non-hydrogen) atoms. The van der Waals surface area contributed by atoms with Crippen LogP contribution in [0.3, 0.4) is 0 Å². The van der Waals surface area contributed by atoms with Gasteiger partial charge in [0.2, 0.25) is 10.0 Å². The van der Waals surface area contributed by atoms with Gasteiger partial charge < -0.3 is 4.74 Å². The summed E-state index contributed by atoms with van der Waals surface area (Å²) in [4.78, 5) is 2.07. The van der Waals surface area contributed by atoms with Crippen LogP contribution in [-0.4, -0.2) is 57.0 Å². The Labute approximate surface area is 203 Å². The molecule has 0 spiro atoms. The number of hydrogen-bond acceptors (Lipinski definition) is 4. The fraction of sp³-hybridized carbons (Fsp3) is 0.308. The summed E-state index contributed by atoms with van der Waals surface area (Å²) in [6.07, 6.45) is -0.566. The van der Waals surface area contributed by atoms with Gasteiger partial charge in [0.25, 0.3) is 0 Å². The number of benzene rings is 3. The molecule has 1 heterocycles. The van der Waals surface area contributed by atoms with Crippen molar-refractivity contribution < 1.29 is 26.3 Å². The average molecular weight is 505 g/mol. The van der Waals surface area contributed by atoms with E-state index in [4.69, 9.17) is 4.74 Å². The van der Waals surface area contributed by atoms with Crippen LogP contribution in [0.15, 0.2) is 71.6 Å². The van der Waals surface area contributed by atoms with Gasteiger partial charge in [-0.25, -0.2) is 21.6 Å². The first-order chi connectivity index (χ1) is 16.8. The predicted octanol–water partition coefficient (Wildman–Crippen LogP) is 4.52. The first-order valence-corrected chi connectivity index (χ1v) is 12.8. The third-order valence-corrected chi connectivity index (χ3v) is 8.18. The highest BCUT2D eigenvalue weighted by Crippen LogP contribution is 2.27. The van der Waals surface area contributed by atoms with Gasteiger partial charge in [-0.2, -0.15) is 4.31 Å². The summed E-state index contributed by atoms with van der Waals surface area (Å²) >= 11 is 0. The van der Waals surface area contributed by atoms with E-state index >= 15 is 0 Å². The molecule has 1 aliphatic rings. The van der Waals surface area contributed by atoms with Crippen molar-refractivity contribution in [2.75, 3.05) is 39.3 Å². The number of halogens is 3. The molecule has 3 aromatic carbocycles. The molecule has 1 aliphatic heterocycles. The maximum absolute atomic E-state index is 13.9. The van der Waals surface area contributed by atoms with E-state index in [-0.39, 0.29) is 18.0 Å². The normalized spacial score (nSPS) is 16.3. The molecule has 0 amide bonds. The van der Waals surface area contributed by atoms with Crippen molar-refractivity contribution in [2.45, 2.75) is 17.9 Å². The van der Waals surface area contributed by atoms with Crippen molar-refractivity contribution >= 4 is 10.0 Å². The van der Waals surface area contributed by atoms with Crippen LogP contribution in [-0.2, 0) is 14.8 Å². The van der Waals surface area contributed by atoms with Gasteiger partial charge in [-0.1, -0.05) is 42.5 Å². The highest BCUT2D eigenvalue weighted by Gasteiger charge is 2.30. The van der Waals surface area contributed by atoms with Crippen LogP contribution in [0.25, 0.3) is 0 Å². The quantitative estimate of drug-likeness (QED) is 0.453. The molecule has 1 atom stereocenters. The minimum atomic E-state index is -3.78. The van der Waals surface area contributed by atoms with Crippen molar-refractivity contribution in [2.24, 2.45) is 0 Å². The Bertz CT molecular complexity index is 1260. The van der Waals surface area contributed by atoms with Crippen molar-refractivity contribution in [1.82, 2.24) is 9.21 Å². The van der Waals surface area contributed by atoms with Gasteiger partial charge in [0.15, 0.2) is 11.6 Å². The smallest absolute Gasteiger partial charge is 0.243 e. The van der Waals surface area contributed by atoms with Crippen LogP contribution in [0.2, 0.25) is 0 Å². The van der Waals surface area contributed by atoms with Crippen LogP contribution >= 0.6 is 0 Å². The van der Waals surface area contributed by atoms with Crippen LogP contribution < -0.4 is 0 Å². The Morgan fingerprint density at radius 1 is 0.857 bits per heavy atom. The van der Waals surface area contributed by atoms with Gasteiger partial charge in [-0.05, 0) is 47.9 Å². The third-order valence-electron chi connectivity index (χ3n) is 6.14. The number of rotatable bonds is 8. The molecule has 0 aliphatic carbocycles. The first kappa shape index (κ1) is 25.4. The van der Waals surface area contributed by atoms with E-state index < -0.39 is 33.6 Å². The summed E-state index contributed by atoms with van der Waals surface area (Å²) in [5, 5.41) is 0. The fourth-order valence-corrected chi connectivity index (χ4v) is 5.83. The second-order valence-electron chi connectivity index (χ2n) is 8.49. The number of aryl methyl sites for hydroxylation is 1. The molecule has 1 unspecified atom stereocenters. The van der Waals surface area contributed by atoms with Gasteiger partial charge in [0, 0.05) is 32.7 Å². The van der Waals surface area contributed by atoms with Gasteiger partial charge in [-0.15, -0.1) is 0 Å². The lowest BCUT2D eigenvalue weighted by atomic mass is 10.0. The lowest BCUT2D eigenvalue weighted by Crippen LogP contribution is -2.49. The lowest BCUT2D eigenvalue weighted by Gasteiger charge is -2.34. The van der Waals surface area contributed by atoms with E-state index in [9.17, 15) is 21.6 Å². The van der Waals surface area contributed by atoms with E-state index in [0.717, 1.165) is 23.8 Å². The maximum atomic E-state index is 13.9. The second-order valence-corrected chi connectivity index (χ2v) is 10.4. The fourth-order valence-electron chi connectivity index (χ4n) is 4.17. The van der Waals surface area contributed by atoms with Crippen LogP contribution in [0.4, 0.5) is 13.2 Å². The Morgan fingerprint density at radius 2 is 1.57 bits per heavy atom. The first-order valence-electron chi connectivity index (χ1n) is 11.4. The minimum Gasteiger partial charge on any atom is -0.367 e. The van der Waals surface area contributed by atoms with Crippen LogP contribution in [0.1, 0.15) is 22.8 Å². The molecule has 5 nitrogen and oxygen atoms in total. The monoisotopic (exact) mass is 504 g/mol. The van der Waals surface area contributed by atoms with E-state index in [1.54, 1.807) is 6.92 Å². The number of nitrogens with zero attached hydrogens (tertiary/aromatic N) is 2. The van der Waals surface area contributed by atoms with E-state index in [1.165, 1.54) is 22.5 Å². The zero-order valence-corrected chi connectivity index (χ0v) is 20.1. The number of piperazine rings is 1. The molecule has 1 saturated heterocycles. The summed E-state index contributed by atoms with van der Waals surface area (Å²) in [6, 6.07) is 16.8. The van der Waals surface area contributed by atoms with Crippen molar-refractivity contribution in [1.29, 1.82) is 0 Å². The molecule has 186 valence electrons. The van der Waals surface area contributed by atoms with E-state index in [1.807, 2.05) is 30.3 Å². The summed E-state index contributed by atoms with van der Waals surface area (Å²) in [7, 11) is -3.78. The summed E-state index contributed by atoms with van der Waals surface area (Å²) < 4.78 is 74.4. The van der Waals surface area contributed by atoms with Gasteiger partial charge in [0.1, 0.15) is 11.9 Å². The third kappa shape index (κ3) is 5.92. The molecule has 4 rings (SSSR count). The van der Waals surface area contributed by atoms with Gasteiger partial charge in [0.05, 0.1) is 11.5 Å². The number of hydrogen-bond donors (Lipinski definition) is 0. The predicted molar refractivity (Wildman–Crippen MR) is 127 cm³/mol. The SMILES string of the molecule is Cc1ccc(F)cc1S(=O)(=O)N1CCN(CCOC(c2ccccc2)c2ccc(F)c(F)c2)CC1. The summed E-state index contributed by atoms with van der Waals surface area (Å²) in [5.74, 6) is -2.43. The number of sulfonamides is 1. The molecule has 3 aromatic rings. The molecular weight excluding hydrogens is 477 g/mol. The molecule has 0 aromatic heterocycles. The summed E-state index contributed by atoms with van der Waals surface area (Å²) in [5.41, 5.74) is 1.84. The van der Waals surface area contributed by atoms with Crippen LogP contribution in [0, 0.1) is 24.4 Å². The zero-order chi connectivity index (χ0) is 25.0. The lowest BCUT2D eigenvalue weighted by molar-refractivity contribution is 0.0525. The largest absolute Gasteiger partial charge is 0.367 e. The molecule has 0 saturated carbocycles. The van der Waals surface area contributed by atoms with Crippen LogP contribution in [0.5, 0.6) is 0 Å². The van der Waals surface area contributed by atoms with Crippen molar-refractivity contribution in [3.8, 4) is 0 Å². The average Bonchev–Trinajstić information content (AvgIpc) is 2.86. The standard InChI is InChI=1S/C26H27F3N2O3S/c1-19-7-9-22(27)18-25(19)35(32,33)31-13-11-30(12-14-31)15-16-34-26(20-5-3-2-4-6-20)21-8-10-23(28)24(29)17-21/h2-10,17-18,26H,11-16H2,1H3. The van der Waals surface area contributed by atoms with Crippen molar-refractivity contribution in [3.05, 3.63) is 101 Å². The Morgan fingerprint density at radius 3 is 2.26 bits per heavy atom. The second kappa shape index (κ2) is 10.9. The Hall–Kier alpha value is -2.72. The van der Waals surface area contributed by atoms with Gasteiger partial charge in [-0.3, -0.25) is 4.90 Å².